The van der Waals surface area contributed by atoms with Gasteiger partial charge in [-0.15, -0.1) is 0 Å². The van der Waals surface area contributed by atoms with E-state index in [9.17, 15) is 0 Å². The summed E-state index contributed by atoms with van der Waals surface area (Å²) in [4.78, 5) is 0. The zero-order valence-electron chi connectivity index (χ0n) is 63.9. The Morgan fingerprint density at radius 1 is 0.0862 bits per heavy atom. The molecule has 23 aromatic rings. The highest BCUT2D eigenvalue weighted by Gasteiger charge is 2.22. The van der Waals surface area contributed by atoms with E-state index in [1.54, 1.807) is 0 Å². The Morgan fingerprint density at radius 3 is 0.698 bits per heavy atom. The van der Waals surface area contributed by atoms with Gasteiger partial charge >= 0.3 is 0 Å². The summed E-state index contributed by atoms with van der Waals surface area (Å²) < 4.78 is 0. The Bertz CT molecular complexity index is 7550. The Kier molecular flexibility index (Phi) is 17.7. The molecule has 0 aromatic heterocycles. The topological polar surface area (TPSA) is 0 Å². The number of hydrogen-bond acceptors (Lipinski definition) is 0. The van der Waals surface area contributed by atoms with E-state index in [2.05, 4.69) is 461 Å². The highest BCUT2D eigenvalue weighted by molar-refractivity contribution is 6.26. The standard InChI is InChI=1S/2C40H26.C36H24/c1-3-15-31-27(11-1)13-9-21-32(31)29-23-25-30(26-24-29)39-35-17-5-7-19-37(35)40(38-20-8-6-18-36(38)39)34-22-10-14-28-12-2-4-16-33(28)34;1-2-13-27(14-3-1)39-34-21-8-10-23-36(34)40(37-24-11-9-22-35(37)39)30-17-12-16-28(25-30)38-26-29-15-4-5-18-31(29)32-19-6-7-20-33(32)38;1-2-13-26(14-3-1)35-31-19-6-8-21-33(31)36(34-22-9-7-20-32(34)35)28-17-10-16-27(24-28)30-23-11-15-25-12-4-5-18-29(25)30/h2*1-26H;1-24H. The zero-order chi connectivity index (χ0) is 76.8. The van der Waals surface area contributed by atoms with Crippen LogP contribution in [0.15, 0.2) is 461 Å². The van der Waals surface area contributed by atoms with E-state index >= 15 is 0 Å². The molecule has 0 heteroatoms. The van der Waals surface area contributed by atoms with Crippen LogP contribution in [0.5, 0.6) is 0 Å². The van der Waals surface area contributed by atoms with Crippen molar-refractivity contribution in [1.82, 2.24) is 0 Å². The monoisotopic (exact) mass is 1470 g/mol. The summed E-state index contributed by atoms with van der Waals surface area (Å²) in [5.74, 6) is 0. The second-order valence-corrected chi connectivity index (χ2v) is 30.3. The van der Waals surface area contributed by atoms with Crippen molar-refractivity contribution >= 4 is 118 Å². The van der Waals surface area contributed by atoms with E-state index < -0.39 is 0 Å². The molecule has 0 saturated heterocycles. The molecular formula is C116H76. The molecule has 0 aliphatic rings. The molecule has 0 aliphatic carbocycles. The summed E-state index contributed by atoms with van der Waals surface area (Å²) in [5.41, 5.74) is 22.8. The number of hydrogen-bond donors (Lipinski definition) is 0. The van der Waals surface area contributed by atoms with Gasteiger partial charge in [0.1, 0.15) is 0 Å². The number of rotatable bonds is 9. The van der Waals surface area contributed by atoms with Crippen molar-refractivity contribution < 1.29 is 0 Å². The minimum absolute atomic E-state index is 1.24. The molecule has 0 fully saturated rings. The second-order valence-electron chi connectivity index (χ2n) is 30.3. The summed E-state index contributed by atoms with van der Waals surface area (Å²) in [5, 5.41) is 28.2. The van der Waals surface area contributed by atoms with Crippen molar-refractivity contribution in [3.05, 3.63) is 461 Å². The molecule has 0 heterocycles. The first-order valence-corrected chi connectivity index (χ1v) is 40.2. The van der Waals surface area contributed by atoms with Crippen molar-refractivity contribution in [1.29, 1.82) is 0 Å². The second kappa shape index (κ2) is 29.9. The Morgan fingerprint density at radius 2 is 0.310 bits per heavy atom. The average molecular weight is 1470 g/mol. The SMILES string of the molecule is c1ccc(-c2c3ccccc3c(-c3cccc(-c4cc5ccccc5c5ccccc45)c3)c3ccccc23)cc1.c1ccc(-c2c3ccccc3c(-c3cccc(-c4cccc5ccccc45)c3)c3ccccc23)cc1.c1ccc2c(-c3ccc(-c4c5ccccc5c(-c5cccc6ccccc56)c5ccccc45)cc3)cccc2c1. The van der Waals surface area contributed by atoms with E-state index in [1.165, 1.54) is 219 Å². The molecule has 23 rings (SSSR count). The van der Waals surface area contributed by atoms with Gasteiger partial charge in [0, 0.05) is 0 Å². The third-order valence-corrected chi connectivity index (χ3v) is 23.7. The van der Waals surface area contributed by atoms with Crippen LogP contribution in [0, 0.1) is 0 Å². The molecule has 0 amide bonds. The first kappa shape index (κ1) is 68.9. The maximum absolute atomic E-state index is 2.38. The van der Waals surface area contributed by atoms with Gasteiger partial charge in [-0.3, -0.25) is 0 Å². The zero-order valence-corrected chi connectivity index (χ0v) is 63.9. The van der Waals surface area contributed by atoms with Crippen LogP contribution < -0.4 is 0 Å². The minimum Gasteiger partial charge on any atom is -0.0622 e. The Labute approximate surface area is 675 Å². The average Bonchev–Trinajstić information content (AvgIpc) is 0.749. The van der Waals surface area contributed by atoms with Gasteiger partial charge in [-0.1, -0.05) is 443 Å². The van der Waals surface area contributed by atoms with Gasteiger partial charge in [-0.2, -0.15) is 0 Å². The molecule has 0 bridgehead atoms. The third-order valence-electron chi connectivity index (χ3n) is 23.7. The Hall–Kier alpha value is -15.1. The smallest absolute Gasteiger partial charge is 0.00201 e. The van der Waals surface area contributed by atoms with Gasteiger partial charge in [0.2, 0.25) is 0 Å². The van der Waals surface area contributed by atoms with Gasteiger partial charge in [0.15, 0.2) is 0 Å². The summed E-state index contributed by atoms with van der Waals surface area (Å²) in [6.45, 7) is 0. The van der Waals surface area contributed by atoms with Crippen LogP contribution in [0.2, 0.25) is 0 Å². The van der Waals surface area contributed by atoms with Gasteiger partial charge in [-0.05, 0) is 237 Å². The predicted octanol–water partition coefficient (Wildman–Crippen LogP) is 32.7. The van der Waals surface area contributed by atoms with Gasteiger partial charge < -0.3 is 0 Å². The van der Waals surface area contributed by atoms with E-state index in [0.717, 1.165) is 0 Å². The molecule has 540 valence electrons. The normalized spacial score (nSPS) is 11.4. The predicted molar refractivity (Wildman–Crippen MR) is 501 cm³/mol. The van der Waals surface area contributed by atoms with Crippen molar-refractivity contribution in [2.24, 2.45) is 0 Å². The largest absolute Gasteiger partial charge is 0.0622 e. The maximum atomic E-state index is 2.38. The fourth-order valence-corrected chi connectivity index (χ4v) is 18.6. The molecule has 0 saturated carbocycles. The Balaban J connectivity index is 0.000000109. The van der Waals surface area contributed by atoms with Crippen LogP contribution in [-0.2, 0) is 0 Å². The summed E-state index contributed by atoms with van der Waals surface area (Å²) in [7, 11) is 0. The summed E-state index contributed by atoms with van der Waals surface area (Å²) >= 11 is 0. The molecule has 0 atom stereocenters. The molecular weight excluding hydrogens is 1390 g/mol. The lowest BCUT2D eigenvalue weighted by molar-refractivity contribution is 1.63. The fourth-order valence-electron chi connectivity index (χ4n) is 18.6. The molecule has 0 N–H and O–H groups in total. The highest BCUT2D eigenvalue weighted by atomic mass is 14.3. The van der Waals surface area contributed by atoms with Crippen LogP contribution in [0.3, 0.4) is 0 Å². The van der Waals surface area contributed by atoms with Crippen molar-refractivity contribution in [2.75, 3.05) is 0 Å². The maximum Gasteiger partial charge on any atom is -0.00201 e. The van der Waals surface area contributed by atoms with Gasteiger partial charge in [-0.25, -0.2) is 0 Å². The van der Waals surface area contributed by atoms with Crippen LogP contribution >= 0.6 is 0 Å². The molecule has 0 unspecified atom stereocenters. The minimum atomic E-state index is 1.24. The van der Waals surface area contributed by atoms with Crippen molar-refractivity contribution in [2.45, 2.75) is 0 Å². The van der Waals surface area contributed by atoms with E-state index in [0.29, 0.717) is 0 Å². The lowest BCUT2D eigenvalue weighted by Crippen LogP contribution is -1.91. The fraction of sp³-hybridized carbons (Fsp3) is 0. The third kappa shape index (κ3) is 12.3. The van der Waals surface area contributed by atoms with Gasteiger partial charge in [0.05, 0.1) is 0 Å². The van der Waals surface area contributed by atoms with Crippen LogP contribution in [0.4, 0.5) is 0 Å². The lowest BCUT2D eigenvalue weighted by Gasteiger charge is -2.19. The van der Waals surface area contributed by atoms with Crippen LogP contribution in [0.25, 0.3) is 219 Å². The van der Waals surface area contributed by atoms with Crippen molar-refractivity contribution in [3.8, 4) is 100 Å². The first-order chi connectivity index (χ1) is 57.6. The van der Waals surface area contributed by atoms with E-state index in [4.69, 9.17) is 0 Å². The molecule has 0 spiro atoms. The lowest BCUT2D eigenvalue weighted by atomic mass is 9.84. The van der Waals surface area contributed by atoms with Crippen LogP contribution in [0.1, 0.15) is 0 Å². The molecule has 116 heavy (non-hydrogen) atoms. The summed E-state index contributed by atoms with van der Waals surface area (Å²) in [6.07, 6.45) is 0. The van der Waals surface area contributed by atoms with Crippen molar-refractivity contribution in [3.63, 3.8) is 0 Å². The van der Waals surface area contributed by atoms with E-state index in [1.807, 2.05) is 0 Å². The molecule has 0 radical (unpaired) electrons. The molecule has 23 aromatic carbocycles. The summed E-state index contributed by atoms with van der Waals surface area (Å²) in [6, 6.07) is 168. The van der Waals surface area contributed by atoms with Gasteiger partial charge in [0.25, 0.3) is 0 Å². The van der Waals surface area contributed by atoms with Crippen LogP contribution in [-0.4, -0.2) is 0 Å². The van der Waals surface area contributed by atoms with E-state index in [-0.39, 0.29) is 0 Å². The number of fused-ring (bicyclic) bond motifs is 12. The first-order valence-electron chi connectivity index (χ1n) is 40.2. The highest BCUT2D eigenvalue weighted by Crippen LogP contribution is 2.50. The number of benzene rings is 23. The quantitative estimate of drug-likeness (QED) is 0.0998. The molecule has 0 aliphatic heterocycles. The molecule has 0 nitrogen and oxygen atoms in total.